The van der Waals surface area contributed by atoms with Crippen LogP contribution in [-0.4, -0.2) is 57.6 Å². The van der Waals surface area contributed by atoms with Gasteiger partial charge in [-0.15, -0.1) is 0 Å². The number of aromatic nitrogens is 3. The molecule has 160 valence electrons. The minimum absolute atomic E-state index is 0.0347. The van der Waals surface area contributed by atoms with Crippen LogP contribution in [0.3, 0.4) is 0 Å². The maximum atomic E-state index is 13.0. The first-order valence-electron chi connectivity index (χ1n) is 10.2. The predicted molar refractivity (Wildman–Crippen MR) is 110 cm³/mol. The van der Waals surface area contributed by atoms with Crippen molar-refractivity contribution in [1.29, 1.82) is 0 Å². The molecular formula is C22H23FN6O2. The number of nitrogens with one attached hydrogen (secondary N) is 1. The summed E-state index contributed by atoms with van der Waals surface area (Å²) in [5.74, 6) is 0.876. The summed E-state index contributed by atoms with van der Waals surface area (Å²) < 4.78 is 18.6. The maximum absolute atomic E-state index is 13.0. The third-order valence-electron chi connectivity index (χ3n) is 6.11. The molecule has 1 N–H and O–H groups in total. The van der Waals surface area contributed by atoms with Crippen LogP contribution in [0.1, 0.15) is 23.9 Å². The normalized spacial score (nSPS) is 20.1. The van der Waals surface area contributed by atoms with Gasteiger partial charge in [-0.3, -0.25) is 9.88 Å². The van der Waals surface area contributed by atoms with Crippen LogP contribution in [0.5, 0.6) is 0 Å². The maximum Gasteiger partial charge on any atom is 0.317 e. The number of amides is 2. The SMILES string of the molecule is CN1CC2(CC1c1nc(-c3ccncc3)no1)CN(C(=O)NCc1ccc(F)cc1)C2. The average Bonchev–Trinajstić information content (AvgIpc) is 3.37. The van der Waals surface area contributed by atoms with Gasteiger partial charge in [-0.25, -0.2) is 9.18 Å². The number of rotatable bonds is 4. The number of carbonyl (C=O) groups is 1. The number of halogens is 1. The molecule has 2 aromatic heterocycles. The van der Waals surface area contributed by atoms with E-state index in [9.17, 15) is 9.18 Å². The number of hydrogen-bond acceptors (Lipinski definition) is 6. The summed E-state index contributed by atoms with van der Waals surface area (Å²) in [5, 5.41) is 7.03. The standard InChI is InChI=1S/C22H23FN6O2/c1-28-12-22(10-18(28)20-26-19(27-31-20)16-6-8-24-9-7-16)13-29(14-22)21(30)25-11-15-2-4-17(23)5-3-15/h2-9,18H,10-14H2,1H3,(H,25,30). The molecule has 3 aromatic rings. The van der Waals surface area contributed by atoms with Crippen LogP contribution in [-0.2, 0) is 6.54 Å². The van der Waals surface area contributed by atoms with Gasteiger partial charge in [-0.05, 0) is 43.3 Å². The second kappa shape index (κ2) is 7.73. The fourth-order valence-corrected chi connectivity index (χ4v) is 4.56. The molecule has 2 saturated heterocycles. The first-order valence-corrected chi connectivity index (χ1v) is 10.2. The molecule has 2 amide bonds. The Morgan fingerprint density at radius 1 is 1.19 bits per heavy atom. The minimum atomic E-state index is -0.284. The van der Waals surface area contributed by atoms with Gasteiger partial charge in [0.2, 0.25) is 11.7 Å². The predicted octanol–water partition coefficient (Wildman–Crippen LogP) is 2.86. The van der Waals surface area contributed by atoms with Gasteiger partial charge in [-0.1, -0.05) is 17.3 Å². The highest BCUT2D eigenvalue weighted by Gasteiger charge is 2.53. The highest BCUT2D eigenvalue weighted by Crippen LogP contribution is 2.47. The zero-order chi connectivity index (χ0) is 21.4. The number of pyridine rings is 1. The second-order valence-corrected chi connectivity index (χ2v) is 8.47. The lowest BCUT2D eigenvalue weighted by Crippen LogP contribution is -2.61. The monoisotopic (exact) mass is 422 g/mol. The van der Waals surface area contributed by atoms with Crippen molar-refractivity contribution in [2.75, 3.05) is 26.7 Å². The van der Waals surface area contributed by atoms with Crippen LogP contribution in [0.25, 0.3) is 11.4 Å². The quantitative estimate of drug-likeness (QED) is 0.696. The first kappa shape index (κ1) is 19.6. The van der Waals surface area contributed by atoms with E-state index in [1.807, 2.05) is 24.1 Å². The van der Waals surface area contributed by atoms with Crippen LogP contribution in [0.4, 0.5) is 9.18 Å². The van der Waals surface area contributed by atoms with Gasteiger partial charge >= 0.3 is 6.03 Å². The number of nitrogens with zero attached hydrogens (tertiary/aromatic N) is 5. The lowest BCUT2D eigenvalue weighted by Gasteiger charge is -2.47. The van der Waals surface area contributed by atoms with Gasteiger partial charge in [0.05, 0.1) is 6.04 Å². The van der Waals surface area contributed by atoms with Crippen molar-refractivity contribution in [2.24, 2.45) is 5.41 Å². The first-order chi connectivity index (χ1) is 15.0. The van der Waals surface area contributed by atoms with Gasteiger partial charge < -0.3 is 14.7 Å². The topological polar surface area (TPSA) is 87.4 Å². The molecule has 0 saturated carbocycles. The lowest BCUT2D eigenvalue weighted by molar-refractivity contribution is 0.0400. The molecule has 2 aliphatic rings. The molecule has 1 aromatic carbocycles. The highest BCUT2D eigenvalue weighted by atomic mass is 19.1. The lowest BCUT2D eigenvalue weighted by atomic mass is 9.78. The van der Waals surface area contributed by atoms with Crippen molar-refractivity contribution in [3.05, 3.63) is 66.1 Å². The van der Waals surface area contributed by atoms with Gasteiger partial charge in [0.1, 0.15) is 5.82 Å². The van der Waals surface area contributed by atoms with Crippen molar-refractivity contribution >= 4 is 6.03 Å². The highest BCUT2D eigenvalue weighted by molar-refractivity contribution is 5.75. The molecule has 5 rings (SSSR count). The number of likely N-dealkylation sites (tertiary alicyclic amines) is 2. The zero-order valence-electron chi connectivity index (χ0n) is 17.2. The Kier molecular flexibility index (Phi) is 4.90. The molecule has 8 nitrogen and oxygen atoms in total. The summed E-state index contributed by atoms with van der Waals surface area (Å²) in [6.45, 7) is 2.63. The molecule has 31 heavy (non-hydrogen) atoms. The van der Waals surface area contributed by atoms with Crippen LogP contribution in [0, 0.1) is 11.2 Å². The molecule has 0 bridgehead atoms. The second-order valence-electron chi connectivity index (χ2n) is 8.47. The fourth-order valence-electron chi connectivity index (χ4n) is 4.56. The van der Waals surface area contributed by atoms with Crippen molar-refractivity contribution in [2.45, 2.75) is 19.0 Å². The Hall–Kier alpha value is -3.33. The van der Waals surface area contributed by atoms with E-state index < -0.39 is 0 Å². The van der Waals surface area contributed by atoms with Gasteiger partial charge in [0, 0.05) is 49.6 Å². The molecule has 1 atom stereocenters. The van der Waals surface area contributed by atoms with E-state index in [4.69, 9.17) is 4.52 Å². The third kappa shape index (κ3) is 3.88. The third-order valence-corrected chi connectivity index (χ3v) is 6.11. The summed E-state index contributed by atoms with van der Waals surface area (Å²) in [7, 11) is 2.05. The van der Waals surface area contributed by atoms with E-state index in [-0.39, 0.29) is 23.3 Å². The van der Waals surface area contributed by atoms with Crippen molar-refractivity contribution in [1.82, 2.24) is 30.2 Å². The number of benzene rings is 1. The van der Waals surface area contributed by atoms with Gasteiger partial charge in [0.25, 0.3) is 0 Å². The Bertz CT molecular complexity index is 1070. The van der Waals surface area contributed by atoms with Crippen LogP contribution >= 0.6 is 0 Å². The largest absolute Gasteiger partial charge is 0.337 e. The molecule has 0 radical (unpaired) electrons. The van der Waals surface area contributed by atoms with Crippen molar-refractivity contribution in [3.8, 4) is 11.4 Å². The number of hydrogen-bond donors (Lipinski definition) is 1. The Morgan fingerprint density at radius 3 is 2.68 bits per heavy atom. The van der Waals surface area contributed by atoms with E-state index in [0.29, 0.717) is 31.3 Å². The fraction of sp³-hybridized carbons (Fsp3) is 0.364. The smallest absolute Gasteiger partial charge is 0.317 e. The summed E-state index contributed by atoms with van der Waals surface area (Å²) in [5.41, 5.74) is 1.78. The van der Waals surface area contributed by atoms with E-state index in [0.717, 1.165) is 24.1 Å². The zero-order valence-corrected chi connectivity index (χ0v) is 17.2. The number of urea groups is 1. The molecule has 1 unspecified atom stereocenters. The average molecular weight is 422 g/mol. The Morgan fingerprint density at radius 2 is 1.94 bits per heavy atom. The molecule has 1 spiro atoms. The van der Waals surface area contributed by atoms with Gasteiger partial charge in [-0.2, -0.15) is 4.98 Å². The Labute approximate surface area is 179 Å². The Balaban J connectivity index is 1.17. The molecule has 9 heteroatoms. The van der Waals surface area contributed by atoms with Crippen LogP contribution in [0.15, 0.2) is 53.3 Å². The van der Waals surface area contributed by atoms with Gasteiger partial charge in [0.15, 0.2) is 0 Å². The molecular weight excluding hydrogens is 399 g/mol. The summed E-state index contributed by atoms with van der Waals surface area (Å²) in [4.78, 5) is 25.1. The molecule has 2 aliphatic heterocycles. The molecule has 0 aliphatic carbocycles. The van der Waals surface area contributed by atoms with E-state index >= 15 is 0 Å². The molecule has 4 heterocycles. The van der Waals surface area contributed by atoms with Crippen LogP contribution in [0.2, 0.25) is 0 Å². The summed E-state index contributed by atoms with van der Waals surface area (Å²) >= 11 is 0. The van der Waals surface area contributed by atoms with E-state index in [1.165, 1.54) is 12.1 Å². The van der Waals surface area contributed by atoms with Crippen LogP contribution < -0.4 is 5.32 Å². The van der Waals surface area contributed by atoms with E-state index in [2.05, 4.69) is 25.3 Å². The molecule has 2 fully saturated rings. The minimum Gasteiger partial charge on any atom is -0.337 e. The van der Waals surface area contributed by atoms with E-state index in [1.54, 1.807) is 24.5 Å². The summed E-state index contributed by atoms with van der Waals surface area (Å²) in [6.07, 6.45) is 4.27. The van der Waals surface area contributed by atoms with Crippen molar-refractivity contribution < 1.29 is 13.7 Å². The van der Waals surface area contributed by atoms with Crippen molar-refractivity contribution in [3.63, 3.8) is 0 Å². The summed E-state index contributed by atoms with van der Waals surface area (Å²) in [6, 6.07) is 9.78. The number of carbonyl (C=O) groups excluding carboxylic acids is 1.